The van der Waals surface area contributed by atoms with E-state index in [1.165, 1.54) is 0 Å². The minimum Gasteiger partial charge on any atom is -0.400 e. The summed E-state index contributed by atoms with van der Waals surface area (Å²) < 4.78 is 31.1. The van der Waals surface area contributed by atoms with Gasteiger partial charge in [0, 0.05) is 37.5 Å². The van der Waals surface area contributed by atoms with Gasteiger partial charge >= 0.3 is 22.0 Å². The van der Waals surface area contributed by atoms with Gasteiger partial charge in [-0.1, -0.05) is 0 Å². The normalized spacial score (nSPS) is 16.5. The number of rotatable bonds is 9. The fraction of sp³-hybridized carbons (Fsp3) is 1.00. The highest BCUT2D eigenvalue weighted by atomic mass is 35.5. The molecule has 1 fully saturated rings. The minimum atomic E-state index is -0.974. The van der Waals surface area contributed by atoms with E-state index in [1.54, 1.807) is 0 Å². The predicted octanol–water partition coefficient (Wildman–Crippen LogP) is 0.771. The molecule has 0 saturated carbocycles. The van der Waals surface area contributed by atoms with E-state index in [0.29, 0.717) is 17.6 Å². The first-order valence-electron chi connectivity index (χ1n) is 5.29. The largest absolute Gasteiger partial charge is 0.615 e. The summed E-state index contributed by atoms with van der Waals surface area (Å²) in [5, 5.41) is 0. The summed E-state index contributed by atoms with van der Waals surface area (Å²) in [4.78, 5) is 0. The van der Waals surface area contributed by atoms with Crippen LogP contribution in [0.1, 0.15) is 0 Å². The molecule has 0 atom stereocenters. The van der Waals surface area contributed by atoms with E-state index in [9.17, 15) is 0 Å². The van der Waals surface area contributed by atoms with Crippen molar-refractivity contribution in [2.75, 3.05) is 37.5 Å². The van der Waals surface area contributed by atoms with Crippen molar-refractivity contribution in [3.05, 3.63) is 0 Å². The zero-order chi connectivity index (χ0) is 13.2. The van der Waals surface area contributed by atoms with Gasteiger partial charge in [0.05, 0.1) is 0 Å². The quantitative estimate of drug-likeness (QED) is 0.462. The lowest BCUT2D eigenvalue weighted by Crippen LogP contribution is -2.53. The molecule has 0 aromatic rings. The Kier molecular flexibility index (Phi) is 9.93. The maximum absolute atomic E-state index is 5.50. The lowest BCUT2D eigenvalue weighted by atomic mass is 9.96. The van der Waals surface area contributed by atoms with E-state index in [4.69, 9.17) is 62.5 Å². The van der Waals surface area contributed by atoms with Crippen LogP contribution in [-0.2, 0) is 27.7 Å². The first-order chi connectivity index (χ1) is 8.80. The van der Waals surface area contributed by atoms with E-state index in [0.717, 1.165) is 0 Å². The predicted molar refractivity (Wildman–Crippen MR) is 70.5 cm³/mol. The molecule has 0 N–H and O–H groups in total. The highest BCUT2D eigenvalue weighted by Gasteiger charge is 2.46. The summed E-state index contributed by atoms with van der Waals surface area (Å²) >= 11 is 16.5. The van der Waals surface area contributed by atoms with Gasteiger partial charge < -0.3 is 27.7 Å². The molecule has 1 saturated heterocycles. The molecule has 0 aromatic carbocycles. The van der Waals surface area contributed by atoms with Crippen molar-refractivity contribution in [1.82, 2.24) is 0 Å². The Morgan fingerprint density at radius 2 is 0.889 bits per heavy atom. The van der Waals surface area contributed by atoms with Gasteiger partial charge in [-0.25, -0.2) is 0 Å². The van der Waals surface area contributed by atoms with E-state index in [2.05, 4.69) is 0 Å². The second kappa shape index (κ2) is 10.6. The van der Waals surface area contributed by atoms with Crippen molar-refractivity contribution in [1.29, 1.82) is 0 Å². The average molecular weight is 319 g/mol. The molecule has 1 rings (SSSR count). The molecule has 0 bridgehead atoms. The summed E-state index contributed by atoms with van der Waals surface area (Å²) in [5.74, 6) is 0.930. The Hall–Kier alpha value is 0.825. The maximum atomic E-state index is 5.50. The van der Waals surface area contributed by atoms with Crippen molar-refractivity contribution in [3.8, 4) is 0 Å². The van der Waals surface area contributed by atoms with Crippen LogP contribution in [-0.4, -0.2) is 59.4 Å². The third-order valence-electron chi connectivity index (χ3n) is 1.66. The van der Waals surface area contributed by atoms with Crippen LogP contribution in [0.25, 0.3) is 0 Å². The molecule has 0 amide bonds. The number of hydrogen-bond acceptors (Lipinski definition) is 6. The second-order valence-electron chi connectivity index (χ2n) is 2.95. The van der Waals surface area contributed by atoms with E-state index >= 15 is 0 Å². The van der Waals surface area contributed by atoms with Crippen LogP contribution in [0.2, 0.25) is 0 Å². The highest BCUT2D eigenvalue weighted by molar-refractivity contribution is 6.66. The standard InChI is InChI=1S/C6H12B3Cl3O6/c10-1-4-13-7-16-8(14-5-2-11)18-9(17-7)15-6-3-12/h1-6H2. The van der Waals surface area contributed by atoms with Crippen molar-refractivity contribution in [2.24, 2.45) is 0 Å². The van der Waals surface area contributed by atoms with Crippen molar-refractivity contribution < 1.29 is 27.7 Å². The molecule has 1 aliphatic rings. The fourth-order valence-corrected chi connectivity index (χ4v) is 1.29. The zero-order valence-corrected chi connectivity index (χ0v) is 11.8. The molecule has 0 radical (unpaired) electrons. The fourth-order valence-electron chi connectivity index (χ4n) is 1.03. The van der Waals surface area contributed by atoms with E-state index < -0.39 is 22.0 Å². The van der Waals surface area contributed by atoms with Gasteiger partial charge in [-0.15, -0.1) is 34.8 Å². The van der Waals surface area contributed by atoms with Gasteiger partial charge in [0.25, 0.3) is 0 Å². The molecule has 6 nitrogen and oxygen atoms in total. The molecule has 0 aliphatic carbocycles. The summed E-state index contributed by atoms with van der Waals surface area (Å²) in [7, 11) is -2.92. The molecule has 0 unspecified atom stereocenters. The summed E-state index contributed by atoms with van der Waals surface area (Å²) in [6.07, 6.45) is 0. The first kappa shape index (κ1) is 16.9. The Morgan fingerprint density at radius 3 is 1.11 bits per heavy atom. The third kappa shape index (κ3) is 6.84. The molecule has 1 aliphatic heterocycles. The molecule has 12 heteroatoms. The maximum Gasteiger partial charge on any atom is 0.615 e. The summed E-state index contributed by atoms with van der Waals surface area (Å²) in [6, 6.07) is 0. The van der Waals surface area contributed by atoms with Crippen molar-refractivity contribution >= 4 is 56.8 Å². The monoisotopic (exact) mass is 318 g/mol. The number of alkyl halides is 3. The topological polar surface area (TPSA) is 55.4 Å². The van der Waals surface area contributed by atoms with Crippen LogP contribution < -0.4 is 0 Å². The SMILES string of the molecule is ClCCOB1OB(OCCCl)OB(OCCCl)O1. The molecule has 1 heterocycles. The smallest absolute Gasteiger partial charge is 0.400 e. The Morgan fingerprint density at radius 1 is 0.611 bits per heavy atom. The van der Waals surface area contributed by atoms with Crippen LogP contribution in [0.5, 0.6) is 0 Å². The Labute approximate surface area is 122 Å². The van der Waals surface area contributed by atoms with E-state index in [-0.39, 0.29) is 19.8 Å². The van der Waals surface area contributed by atoms with Gasteiger partial charge in [0.2, 0.25) is 0 Å². The molecular formula is C6H12B3Cl3O6. The van der Waals surface area contributed by atoms with Crippen molar-refractivity contribution in [3.63, 3.8) is 0 Å². The minimum absolute atomic E-state index is 0.261. The average Bonchev–Trinajstić information content (AvgIpc) is 2.40. The molecular weight excluding hydrogens is 307 g/mol. The molecule has 0 aromatic heterocycles. The summed E-state index contributed by atoms with van der Waals surface area (Å²) in [6.45, 7) is 0.782. The highest BCUT2D eigenvalue weighted by Crippen LogP contribution is 2.11. The van der Waals surface area contributed by atoms with Crippen LogP contribution in [0.4, 0.5) is 0 Å². The zero-order valence-electron chi connectivity index (χ0n) is 9.56. The molecule has 0 spiro atoms. The Bertz CT molecular complexity index is 180. The lowest BCUT2D eigenvalue weighted by Gasteiger charge is -2.27. The summed E-state index contributed by atoms with van der Waals surface area (Å²) in [5.41, 5.74) is 0. The van der Waals surface area contributed by atoms with Crippen LogP contribution >= 0.6 is 34.8 Å². The Balaban J connectivity index is 2.38. The van der Waals surface area contributed by atoms with Gasteiger partial charge in [-0.05, 0) is 0 Å². The van der Waals surface area contributed by atoms with Gasteiger partial charge in [-0.3, -0.25) is 0 Å². The van der Waals surface area contributed by atoms with Crippen LogP contribution in [0.3, 0.4) is 0 Å². The first-order valence-corrected chi connectivity index (χ1v) is 6.89. The van der Waals surface area contributed by atoms with Gasteiger partial charge in [-0.2, -0.15) is 0 Å². The van der Waals surface area contributed by atoms with E-state index in [1.807, 2.05) is 0 Å². The molecule has 18 heavy (non-hydrogen) atoms. The van der Waals surface area contributed by atoms with Gasteiger partial charge in [0.1, 0.15) is 0 Å². The van der Waals surface area contributed by atoms with Crippen molar-refractivity contribution in [2.45, 2.75) is 0 Å². The number of halogens is 3. The molecule has 102 valence electrons. The third-order valence-corrected chi connectivity index (χ3v) is 2.12. The van der Waals surface area contributed by atoms with Crippen LogP contribution in [0, 0.1) is 0 Å². The lowest BCUT2D eigenvalue weighted by molar-refractivity contribution is 0.0736. The van der Waals surface area contributed by atoms with Crippen LogP contribution in [0.15, 0.2) is 0 Å². The van der Waals surface area contributed by atoms with Gasteiger partial charge in [0.15, 0.2) is 0 Å². The number of hydrogen-bond donors (Lipinski definition) is 0. The second-order valence-corrected chi connectivity index (χ2v) is 4.09.